The predicted molar refractivity (Wildman–Crippen MR) is 156 cm³/mol. The second kappa shape index (κ2) is 10.9. The minimum absolute atomic E-state index is 0.0220. The normalized spacial score (nSPS) is 11.6. The Morgan fingerprint density at radius 3 is 1.50 bits per heavy atom. The Balaban J connectivity index is 1.33. The van der Waals surface area contributed by atoms with Gasteiger partial charge in [-0.3, -0.25) is 0 Å². The molecule has 196 valence electrons. The van der Waals surface area contributed by atoms with Crippen LogP contribution in [0.25, 0.3) is 56.1 Å². The molecule has 0 amide bonds. The van der Waals surface area contributed by atoms with E-state index in [1.165, 1.54) is 0 Å². The SMILES string of the molecule is FC(F)(F)SCc1ccc2ccc(-c3ccc(-c4nc(-c5ccccc5)nc(-c5ccccc5)n4)cc3)cc2c1. The summed E-state index contributed by atoms with van der Waals surface area (Å²) in [6.07, 6.45) is 0. The van der Waals surface area contributed by atoms with E-state index in [2.05, 4.69) is 0 Å². The summed E-state index contributed by atoms with van der Waals surface area (Å²) in [5, 5.41) is 1.88. The van der Waals surface area contributed by atoms with Crippen LogP contribution in [-0.4, -0.2) is 20.5 Å². The Bertz CT molecular complexity index is 1710. The topological polar surface area (TPSA) is 38.7 Å². The number of thioether (sulfide) groups is 1. The highest BCUT2D eigenvalue weighted by molar-refractivity contribution is 7.99. The maximum absolute atomic E-state index is 12.7. The van der Waals surface area contributed by atoms with Crippen LogP contribution in [-0.2, 0) is 5.75 Å². The van der Waals surface area contributed by atoms with Crippen molar-refractivity contribution in [3.05, 3.63) is 127 Å². The van der Waals surface area contributed by atoms with Gasteiger partial charge in [-0.1, -0.05) is 115 Å². The van der Waals surface area contributed by atoms with Crippen LogP contribution in [0.1, 0.15) is 5.56 Å². The molecule has 5 aromatic carbocycles. The number of aromatic nitrogens is 3. The zero-order valence-corrected chi connectivity index (χ0v) is 22.0. The molecule has 1 heterocycles. The lowest BCUT2D eigenvalue weighted by Crippen LogP contribution is -2.00. The molecule has 0 radical (unpaired) electrons. The van der Waals surface area contributed by atoms with Crippen molar-refractivity contribution in [1.82, 2.24) is 15.0 Å². The van der Waals surface area contributed by atoms with Gasteiger partial charge in [-0.2, -0.15) is 13.2 Å². The highest BCUT2D eigenvalue weighted by atomic mass is 32.2. The van der Waals surface area contributed by atoms with Crippen molar-refractivity contribution in [2.75, 3.05) is 0 Å². The van der Waals surface area contributed by atoms with Gasteiger partial charge in [-0.15, -0.1) is 0 Å². The van der Waals surface area contributed by atoms with Gasteiger partial charge < -0.3 is 0 Å². The number of alkyl halides is 3. The number of benzene rings is 5. The van der Waals surface area contributed by atoms with Crippen LogP contribution in [0.5, 0.6) is 0 Å². The molecule has 0 unspecified atom stereocenters. The van der Waals surface area contributed by atoms with Crippen LogP contribution in [0, 0.1) is 0 Å². The first-order chi connectivity index (χ1) is 19.4. The molecule has 0 saturated carbocycles. The minimum Gasteiger partial charge on any atom is -0.208 e. The first-order valence-electron chi connectivity index (χ1n) is 12.6. The van der Waals surface area contributed by atoms with Crippen molar-refractivity contribution in [2.24, 2.45) is 0 Å². The zero-order valence-electron chi connectivity index (χ0n) is 21.1. The molecule has 0 spiro atoms. The fraction of sp³-hybridized carbons (Fsp3) is 0.0606. The molecular weight excluding hydrogens is 527 g/mol. The molecule has 3 nitrogen and oxygen atoms in total. The number of hydrogen-bond acceptors (Lipinski definition) is 4. The summed E-state index contributed by atoms with van der Waals surface area (Å²) in [4.78, 5) is 14.3. The molecule has 0 saturated heterocycles. The molecule has 0 fully saturated rings. The van der Waals surface area contributed by atoms with Crippen molar-refractivity contribution < 1.29 is 13.2 Å². The lowest BCUT2D eigenvalue weighted by Gasteiger charge is -2.10. The summed E-state index contributed by atoms with van der Waals surface area (Å²) in [6.45, 7) is 0. The van der Waals surface area contributed by atoms with Gasteiger partial charge in [0.15, 0.2) is 17.5 Å². The van der Waals surface area contributed by atoms with Crippen LogP contribution in [0.2, 0.25) is 0 Å². The maximum atomic E-state index is 12.7. The van der Waals surface area contributed by atoms with Crippen molar-refractivity contribution in [3.63, 3.8) is 0 Å². The highest BCUT2D eigenvalue weighted by Gasteiger charge is 2.27. The van der Waals surface area contributed by atoms with E-state index in [1.807, 2.05) is 115 Å². The summed E-state index contributed by atoms with van der Waals surface area (Å²) in [7, 11) is 0. The molecule has 0 aliphatic rings. The van der Waals surface area contributed by atoms with E-state index < -0.39 is 5.51 Å². The summed E-state index contributed by atoms with van der Waals surface area (Å²) in [5.41, 5.74) is 1.02. The largest absolute Gasteiger partial charge is 0.442 e. The molecule has 0 bridgehead atoms. The summed E-state index contributed by atoms with van der Waals surface area (Å²) in [6, 6.07) is 39.1. The highest BCUT2D eigenvalue weighted by Crippen LogP contribution is 2.34. The fourth-order valence-corrected chi connectivity index (χ4v) is 4.99. The van der Waals surface area contributed by atoms with Gasteiger partial charge in [-0.05, 0) is 45.3 Å². The average molecular weight is 550 g/mol. The first kappa shape index (κ1) is 25.8. The molecule has 40 heavy (non-hydrogen) atoms. The Kier molecular flexibility index (Phi) is 7.05. The van der Waals surface area contributed by atoms with Crippen LogP contribution >= 0.6 is 11.8 Å². The first-order valence-corrected chi connectivity index (χ1v) is 13.6. The molecule has 0 aliphatic heterocycles. The molecule has 6 rings (SSSR count). The predicted octanol–water partition coefficient (Wildman–Crippen LogP) is 9.45. The van der Waals surface area contributed by atoms with E-state index in [4.69, 9.17) is 15.0 Å². The molecular formula is C33H22F3N3S. The third-order valence-electron chi connectivity index (χ3n) is 6.48. The number of rotatable bonds is 6. The summed E-state index contributed by atoms with van der Waals surface area (Å²) in [5.74, 6) is 1.66. The molecule has 0 aliphatic carbocycles. The lowest BCUT2D eigenvalue weighted by atomic mass is 9.99. The summed E-state index contributed by atoms with van der Waals surface area (Å²) < 4.78 is 38.0. The van der Waals surface area contributed by atoms with Crippen LogP contribution in [0.4, 0.5) is 13.2 Å². The smallest absolute Gasteiger partial charge is 0.208 e. The number of fused-ring (bicyclic) bond motifs is 1. The van der Waals surface area contributed by atoms with Crippen molar-refractivity contribution >= 4 is 22.5 Å². The second-order valence-electron chi connectivity index (χ2n) is 9.25. The van der Waals surface area contributed by atoms with Crippen molar-refractivity contribution in [3.8, 4) is 45.3 Å². The molecule has 0 N–H and O–H groups in total. The Morgan fingerprint density at radius 1 is 0.475 bits per heavy atom. The van der Waals surface area contributed by atoms with Gasteiger partial charge in [0, 0.05) is 22.4 Å². The zero-order chi connectivity index (χ0) is 27.5. The van der Waals surface area contributed by atoms with Crippen LogP contribution in [0.15, 0.2) is 121 Å². The van der Waals surface area contributed by atoms with Gasteiger partial charge in [-0.25, -0.2) is 15.0 Å². The quantitative estimate of drug-likeness (QED) is 0.207. The average Bonchev–Trinajstić information content (AvgIpc) is 3.00. The van der Waals surface area contributed by atoms with Crippen molar-refractivity contribution in [2.45, 2.75) is 11.3 Å². The Labute approximate surface area is 233 Å². The second-order valence-corrected chi connectivity index (χ2v) is 10.3. The van der Waals surface area contributed by atoms with Gasteiger partial charge in [0.25, 0.3) is 0 Å². The van der Waals surface area contributed by atoms with E-state index >= 15 is 0 Å². The van der Waals surface area contributed by atoms with E-state index in [1.54, 1.807) is 6.07 Å². The number of halogens is 3. The summed E-state index contributed by atoms with van der Waals surface area (Å²) >= 11 is -0.0220. The number of hydrogen-bond donors (Lipinski definition) is 0. The Hall–Kier alpha value is -4.49. The monoisotopic (exact) mass is 549 g/mol. The van der Waals surface area contributed by atoms with Crippen LogP contribution in [0.3, 0.4) is 0 Å². The third-order valence-corrected chi connectivity index (χ3v) is 7.29. The minimum atomic E-state index is -4.25. The van der Waals surface area contributed by atoms with E-state index in [9.17, 15) is 13.2 Å². The molecule has 7 heteroatoms. The van der Waals surface area contributed by atoms with Crippen molar-refractivity contribution in [1.29, 1.82) is 0 Å². The third kappa shape index (κ3) is 5.90. The van der Waals surface area contributed by atoms with Crippen LogP contribution < -0.4 is 0 Å². The molecule has 0 atom stereocenters. The molecule has 1 aromatic heterocycles. The van der Waals surface area contributed by atoms with Gasteiger partial charge >= 0.3 is 5.51 Å². The Morgan fingerprint density at radius 2 is 0.950 bits per heavy atom. The lowest BCUT2D eigenvalue weighted by molar-refractivity contribution is -0.0329. The maximum Gasteiger partial charge on any atom is 0.442 e. The van der Waals surface area contributed by atoms with Gasteiger partial charge in [0.2, 0.25) is 0 Å². The number of nitrogens with zero attached hydrogens (tertiary/aromatic N) is 3. The standard InChI is InChI=1S/C33H22F3N3S/c34-33(35,36)40-21-22-11-12-24-15-18-28(20-29(24)19-22)23-13-16-27(17-14-23)32-38-30(25-7-3-1-4-8-25)37-31(39-32)26-9-5-2-6-10-26/h1-20H,21H2. The van der Waals surface area contributed by atoms with E-state index in [-0.39, 0.29) is 17.5 Å². The van der Waals surface area contributed by atoms with Gasteiger partial charge in [0.1, 0.15) is 0 Å². The van der Waals surface area contributed by atoms with E-state index in [0.29, 0.717) is 23.0 Å². The van der Waals surface area contributed by atoms with Gasteiger partial charge in [0.05, 0.1) is 0 Å². The molecule has 6 aromatic rings. The van der Waals surface area contributed by atoms with E-state index in [0.717, 1.165) is 38.6 Å². The fourth-order valence-electron chi connectivity index (χ4n) is 4.48.